The van der Waals surface area contributed by atoms with Gasteiger partial charge in [0.25, 0.3) is 0 Å². The zero-order valence-electron chi connectivity index (χ0n) is 13.3. The Morgan fingerprint density at radius 3 is 2.86 bits per heavy atom. The van der Waals surface area contributed by atoms with Gasteiger partial charge < -0.3 is 14.8 Å². The second kappa shape index (κ2) is 6.37. The van der Waals surface area contributed by atoms with Crippen molar-refractivity contribution in [2.24, 2.45) is 5.41 Å². The van der Waals surface area contributed by atoms with Crippen molar-refractivity contribution in [3.63, 3.8) is 0 Å². The van der Waals surface area contributed by atoms with E-state index in [0.717, 1.165) is 31.9 Å². The molecule has 1 fully saturated rings. The van der Waals surface area contributed by atoms with E-state index in [-0.39, 0.29) is 0 Å². The number of benzene rings is 1. The average Bonchev–Trinajstić information content (AvgIpc) is 2.53. The summed E-state index contributed by atoms with van der Waals surface area (Å²) in [6.07, 6.45) is 5.90. The van der Waals surface area contributed by atoms with Crippen molar-refractivity contribution in [1.29, 1.82) is 0 Å². The monoisotopic (exact) mass is 289 g/mol. The number of nitrogens with one attached hydrogen (secondary N) is 1. The van der Waals surface area contributed by atoms with Crippen molar-refractivity contribution in [2.75, 3.05) is 26.9 Å². The Morgan fingerprint density at radius 1 is 1.29 bits per heavy atom. The van der Waals surface area contributed by atoms with Gasteiger partial charge in [-0.1, -0.05) is 13.0 Å². The molecule has 1 aliphatic heterocycles. The molecule has 2 aliphatic rings. The minimum atomic E-state index is 0.410. The molecule has 0 bridgehead atoms. The lowest BCUT2D eigenvalue weighted by Gasteiger charge is -2.36. The van der Waals surface area contributed by atoms with E-state index in [0.29, 0.717) is 11.5 Å². The van der Waals surface area contributed by atoms with Gasteiger partial charge in [-0.25, -0.2) is 0 Å². The fraction of sp³-hybridized carbons (Fsp3) is 0.667. The Hall–Kier alpha value is -1.06. The van der Waals surface area contributed by atoms with Crippen LogP contribution in [0.1, 0.15) is 37.3 Å². The van der Waals surface area contributed by atoms with Crippen LogP contribution in [0.3, 0.4) is 0 Å². The number of methoxy groups -OCH3 is 1. The molecule has 1 aromatic rings. The predicted octanol–water partition coefficient (Wildman–Crippen LogP) is 2.96. The second-order valence-corrected chi connectivity index (χ2v) is 6.88. The SMILES string of the molecule is COc1ccc2c(c1)CC(NCC1(C)CCOCC1)CC2. The lowest BCUT2D eigenvalue weighted by molar-refractivity contribution is 0.0227. The number of rotatable bonds is 4. The fourth-order valence-electron chi connectivity index (χ4n) is 3.47. The van der Waals surface area contributed by atoms with Crippen LogP contribution in [-0.2, 0) is 17.6 Å². The molecule has 3 nitrogen and oxygen atoms in total. The summed E-state index contributed by atoms with van der Waals surface area (Å²) in [5.74, 6) is 0.978. The van der Waals surface area contributed by atoms with Crippen LogP contribution in [0.4, 0.5) is 0 Å². The van der Waals surface area contributed by atoms with Crippen molar-refractivity contribution < 1.29 is 9.47 Å². The highest BCUT2D eigenvalue weighted by Gasteiger charge is 2.28. The summed E-state index contributed by atoms with van der Waals surface area (Å²) < 4.78 is 10.8. The molecular weight excluding hydrogens is 262 g/mol. The van der Waals surface area contributed by atoms with Crippen molar-refractivity contribution in [3.8, 4) is 5.75 Å². The summed E-state index contributed by atoms with van der Waals surface area (Å²) in [4.78, 5) is 0. The van der Waals surface area contributed by atoms with E-state index in [1.165, 1.54) is 36.8 Å². The third-order valence-electron chi connectivity index (χ3n) is 5.16. The van der Waals surface area contributed by atoms with Gasteiger partial charge in [-0.2, -0.15) is 0 Å². The van der Waals surface area contributed by atoms with Crippen molar-refractivity contribution in [3.05, 3.63) is 29.3 Å². The Morgan fingerprint density at radius 2 is 2.10 bits per heavy atom. The first-order valence-corrected chi connectivity index (χ1v) is 8.15. The summed E-state index contributed by atoms with van der Waals surface area (Å²) >= 11 is 0. The molecule has 1 atom stereocenters. The predicted molar refractivity (Wildman–Crippen MR) is 85.0 cm³/mol. The lowest BCUT2D eigenvalue weighted by atomic mass is 9.81. The molecule has 21 heavy (non-hydrogen) atoms. The zero-order valence-corrected chi connectivity index (χ0v) is 13.3. The highest BCUT2D eigenvalue weighted by atomic mass is 16.5. The van der Waals surface area contributed by atoms with Gasteiger partial charge in [-0.15, -0.1) is 0 Å². The second-order valence-electron chi connectivity index (χ2n) is 6.88. The summed E-state index contributed by atoms with van der Waals surface area (Å²) in [7, 11) is 1.74. The number of aryl methyl sites for hydroxylation is 1. The van der Waals surface area contributed by atoms with Crippen molar-refractivity contribution >= 4 is 0 Å². The van der Waals surface area contributed by atoms with Crippen LogP contribution in [0, 0.1) is 5.41 Å². The highest BCUT2D eigenvalue weighted by molar-refractivity contribution is 5.37. The first kappa shape index (κ1) is 14.9. The van der Waals surface area contributed by atoms with Gasteiger partial charge in [0, 0.05) is 25.8 Å². The normalized spacial score (nSPS) is 24.4. The van der Waals surface area contributed by atoms with Crippen LogP contribution in [0.15, 0.2) is 18.2 Å². The van der Waals surface area contributed by atoms with Crippen LogP contribution >= 0.6 is 0 Å². The molecule has 1 N–H and O–H groups in total. The maximum atomic E-state index is 5.49. The van der Waals surface area contributed by atoms with E-state index in [9.17, 15) is 0 Å². The van der Waals surface area contributed by atoms with Crippen LogP contribution in [0.2, 0.25) is 0 Å². The van der Waals surface area contributed by atoms with E-state index < -0.39 is 0 Å². The van der Waals surface area contributed by atoms with Crippen LogP contribution in [-0.4, -0.2) is 32.9 Å². The van der Waals surface area contributed by atoms with Gasteiger partial charge >= 0.3 is 0 Å². The number of fused-ring (bicyclic) bond motifs is 1. The van der Waals surface area contributed by atoms with Crippen LogP contribution in [0.5, 0.6) is 5.75 Å². The van der Waals surface area contributed by atoms with E-state index in [1.807, 2.05) is 0 Å². The summed E-state index contributed by atoms with van der Waals surface area (Å²) in [5, 5.41) is 3.81. The van der Waals surface area contributed by atoms with Crippen LogP contribution in [0.25, 0.3) is 0 Å². The molecule has 116 valence electrons. The molecule has 1 saturated heterocycles. The number of hydrogen-bond donors (Lipinski definition) is 1. The first-order chi connectivity index (χ1) is 10.2. The van der Waals surface area contributed by atoms with Crippen molar-refractivity contribution in [2.45, 2.75) is 45.1 Å². The molecule has 1 aromatic carbocycles. The summed E-state index contributed by atoms with van der Waals surface area (Å²) in [6, 6.07) is 7.11. The average molecular weight is 289 g/mol. The Labute approximate surface area is 128 Å². The molecular formula is C18H27NO2. The van der Waals surface area contributed by atoms with E-state index in [2.05, 4.69) is 30.4 Å². The number of ether oxygens (including phenoxy) is 2. The zero-order chi connectivity index (χ0) is 14.7. The molecule has 3 heteroatoms. The van der Waals surface area contributed by atoms with Gasteiger partial charge in [-0.05, 0) is 60.8 Å². The van der Waals surface area contributed by atoms with Gasteiger partial charge in [-0.3, -0.25) is 0 Å². The molecule has 0 spiro atoms. The third kappa shape index (κ3) is 3.58. The molecule has 0 radical (unpaired) electrons. The lowest BCUT2D eigenvalue weighted by Crippen LogP contribution is -2.43. The molecule has 0 amide bonds. The van der Waals surface area contributed by atoms with E-state index in [4.69, 9.17) is 9.47 Å². The summed E-state index contributed by atoms with van der Waals surface area (Å²) in [6.45, 7) is 5.34. The first-order valence-electron chi connectivity index (χ1n) is 8.15. The molecule has 0 aromatic heterocycles. The molecule has 1 aliphatic carbocycles. The molecule has 3 rings (SSSR count). The standard InChI is InChI=1S/C18H27NO2/c1-18(7-9-21-10-8-18)13-19-16-5-3-14-4-6-17(20-2)12-15(14)11-16/h4,6,12,16,19H,3,5,7-11,13H2,1-2H3. The minimum Gasteiger partial charge on any atom is -0.497 e. The largest absolute Gasteiger partial charge is 0.497 e. The quantitative estimate of drug-likeness (QED) is 0.924. The minimum absolute atomic E-state index is 0.410. The van der Waals surface area contributed by atoms with E-state index >= 15 is 0 Å². The Kier molecular flexibility index (Phi) is 4.51. The number of hydrogen-bond acceptors (Lipinski definition) is 3. The summed E-state index contributed by atoms with van der Waals surface area (Å²) in [5.41, 5.74) is 3.36. The Bertz CT molecular complexity index is 480. The molecule has 1 heterocycles. The van der Waals surface area contributed by atoms with Gasteiger partial charge in [0.05, 0.1) is 7.11 Å². The van der Waals surface area contributed by atoms with Gasteiger partial charge in [0.15, 0.2) is 0 Å². The van der Waals surface area contributed by atoms with Gasteiger partial charge in [0.2, 0.25) is 0 Å². The smallest absolute Gasteiger partial charge is 0.119 e. The molecule has 1 unspecified atom stereocenters. The topological polar surface area (TPSA) is 30.5 Å². The maximum absolute atomic E-state index is 5.49. The van der Waals surface area contributed by atoms with Crippen molar-refractivity contribution in [1.82, 2.24) is 5.32 Å². The third-order valence-corrected chi connectivity index (χ3v) is 5.16. The van der Waals surface area contributed by atoms with Gasteiger partial charge in [0.1, 0.15) is 5.75 Å². The molecule has 0 saturated carbocycles. The fourth-order valence-corrected chi connectivity index (χ4v) is 3.47. The van der Waals surface area contributed by atoms with E-state index in [1.54, 1.807) is 7.11 Å². The highest BCUT2D eigenvalue weighted by Crippen LogP contribution is 2.30. The van der Waals surface area contributed by atoms with Crippen LogP contribution < -0.4 is 10.1 Å². The maximum Gasteiger partial charge on any atom is 0.119 e. The Balaban J connectivity index is 1.58.